The first-order valence-electron chi connectivity index (χ1n) is 4.97. The van der Waals surface area contributed by atoms with Crippen molar-refractivity contribution in [2.45, 2.75) is 5.79 Å². The maximum absolute atomic E-state index is 5.90. The zero-order chi connectivity index (χ0) is 10.8. The Kier molecular flexibility index (Phi) is 1.94. The minimum atomic E-state index is -0.604. The van der Waals surface area contributed by atoms with Crippen molar-refractivity contribution in [3.05, 3.63) is 32.4 Å². The Morgan fingerprint density at radius 3 is 2.81 bits per heavy atom. The molecule has 0 saturated carbocycles. The van der Waals surface area contributed by atoms with E-state index in [0.717, 1.165) is 3.79 Å². The number of ether oxygens (including phenoxy) is 2. The molecule has 1 spiro atoms. The fourth-order valence-electron chi connectivity index (χ4n) is 2.39. The van der Waals surface area contributed by atoms with E-state index in [1.165, 1.54) is 20.9 Å². The lowest BCUT2D eigenvalue weighted by Gasteiger charge is -2.22. The second-order valence-corrected chi connectivity index (χ2v) is 7.12. The van der Waals surface area contributed by atoms with E-state index < -0.39 is 5.79 Å². The van der Waals surface area contributed by atoms with Crippen LogP contribution in [0.3, 0.4) is 0 Å². The number of hydrogen-bond acceptors (Lipinski definition) is 4. The van der Waals surface area contributed by atoms with Gasteiger partial charge in [0, 0.05) is 11.1 Å². The molecule has 0 atom stereocenters. The van der Waals surface area contributed by atoms with Crippen LogP contribution in [0.2, 0.25) is 0 Å². The fourth-order valence-corrected chi connectivity index (χ4v) is 5.14. The zero-order valence-electron chi connectivity index (χ0n) is 8.16. The standard InChI is InChI=1S/C11H7BrO2S2/c12-8-5-7-10(16-8)9-6(1-4-15-9)11(7)13-2-3-14-11/h1,4-5H,2-3H2. The third-order valence-electron chi connectivity index (χ3n) is 2.98. The predicted octanol–water partition coefficient (Wildman–Crippen LogP) is 3.80. The molecule has 0 bridgehead atoms. The molecule has 2 aromatic rings. The normalized spacial score (nSPS) is 20.3. The fraction of sp³-hybridized carbons (Fsp3) is 0.273. The molecule has 0 N–H and O–H groups in total. The Hall–Kier alpha value is -0.200. The number of rotatable bonds is 0. The van der Waals surface area contributed by atoms with Gasteiger partial charge in [-0.15, -0.1) is 22.7 Å². The average molecular weight is 315 g/mol. The lowest BCUT2D eigenvalue weighted by atomic mass is 10.1. The highest BCUT2D eigenvalue weighted by molar-refractivity contribution is 9.11. The van der Waals surface area contributed by atoms with Crippen LogP contribution in [0.4, 0.5) is 0 Å². The van der Waals surface area contributed by atoms with Gasteiger partial charge in [0.15, 0.2) is 0 Å². The van der Waals surface area contributed by atoms with Crippen LogP contribution in [0.15, 0.2) is 21.3 Å². The number of fused-ring (bicyclic) bond motifs is 5. The van der Waals surface area contributed by atoms with Gasteiger partial charge in [-0.2, -0.15) is 0 Å². The van der Waals surface area contributed by atoms with Crippen molar-refractivity contribution >= 4 is 38.6 Å². The molecule has 0 radical (unpaired) electrons. The van der Waals surface area contributed by atoms with Gasteiger partial charge >= 0.3 is 0 Å². The van der Waals surface area contributed by atoms with Crippen molar-refractivity contribution in [3.63, 3.8) is 0 Å². The summed E-state index contributed by atoms with van der Waals surface area (Å²) in [7, 11) is 0. The molecular weight excluding hydrogens is 308 g/mol. The summed E-state index contributed by atoms with van der Waals surface area (Å²) in [6, 6.07) is 4.24. The Labute approximate surface area is 109 Å². The van der Waals surface area contributed by atoms with Crippen molar-refractivity contribution < 1.29 is 9.47 Å². The Morgan fingerprint density at radius 2 is 2.00 bits per heavy atom. The Morgan fingerprint density at radius 1 is 1.19 bits per heavy atom. The minimum absolute atomic E-state index is 0.604. The molecule has 16 heavy (non-hydrogen) atoms. The summed E-state index contributed by atoms with van der Waals surface area (Å²) in [4.78, 5) is 2.59. The van der Waals surface area contributed by atoms with Crippen molar-refractivity contribution in [3.8, 4) is 9.75 Å². The third kappa shape index (κ3) is 1.03. The molecule has 0 unspecified atom stereocenters. The van der Waals surface area contributed by atoms with Gasteiger partial charge in [-0.05, 0) is 33.4 Å². The zero-order valence-corrected chi connectivity index (χ0v) is 11.4. The summed E-state index contributed by atoms with van der Waals surface area (Å²) in [5.41, 5.74) is 2.35. The van der Waals surface area contributed by atoms with Gasteiger partial charge in [0.05, 0.1) is 26.8 Å². The van der Waals surface area contributed by atoms with E-state index >= 15 is 0 Å². The van der Waals surface area contributed by atoms with Gasteiger partial charge in [-0.3, -0.25) is 0 Å². The molecule has 0 aromatic carbocycles. The van der Waals surface area contributed by atoms with Crippen molar-refractivity contribution in [2.75, 3.05) is 13.2 Å². The summed E-state index contributed by atoms with van der Waals surface area (Å²) in [5, 5.41) is 2.11. The minimum Gasteiger partial charge on any atom is -0.340 e. The van der Waals surface area contributed by atoms with Gasteiger partial charge in [0.2, 0.25) is 5.79 Å². The number of halogens is 1. The summed E-state index contributed by atoms with van der Waals surface area (Å²) in [6.07, 6.45) is 0. The summed E-state index contributed by atoms with van der Waals surface area (Å²) < 4.78 is 12.9. The topological polar surface area (TPSA) is 18.5 Å². The first-order chi connectivity index (χ1) is 7.81. The van der Waals surface area contributed by atoms with Crippen molar-refractivity contribution in [2.24, 2.45) is 0 Å². The number of hydrogen-bond donors (Lipinski definition) is 0. The first kappa shape index (κ1) is 9.79. The molecule has 1 saturated heterocycles. The summed E-state index contributed by atoms with van der Waals surface area (Å²) in [6.45, 7) is 1.34. The summed E-state index contributed by atoms with van der Waals surface area (Å²) in [5.74, 6) is -0.604. The lowest BCUT2D eigenvalue weighted by Crippen LogP contribution is -2.24. The largest absolute Gasteiger partial charge is 0.340 e. The molecule has 2 aliphatic rings. The van der Waals surface area contributed by atoms with Crippen LogP contribution in [0, 0.1) is 0 Å². The highest BCUT2D eigenvalue weighted by atomic mass is 79.9. The van der Waals surface area contributed by atoms with Crippen molar-refractivity contribution in [1.29, 1.82) is 0 Å². The van der Waals surface area contributed by atoms with E-state index in [9.17, 15) is 0 Å². The number of thiophene rings is 2. The van der Waals surface area contributed by atoms with Crippen LogP contribution in [0.1, 0.15) is 11.1 Å². The van der Waals surface area contributed by atoms with Gasteiger partial charge < -0.3 is 9.47 Å². The molecule has 1 fully saturated rings. The monoisotopic (exact) mass is 314 g/mol. The van der Waals surface area contributed by atoms with Gasteiger partial charge in [-0.25, -0.2) is 0 Å². The highest BCUT2D eigenvalue weighted by Gasteiger charge is 2.50. The molecule has 1 aliphatic heterocycles. The molecule has 1 aliphatic carbocycles. The van der Waals surface area contributed by atoms with E-state index in [0.29, 0.717) is 13.2 Å². The van der Waals surface area contributed by atoms with E-state index in [-0.39, 0.29) is 0 Å². The van der Waals surface area contributed by atoms with E-state index in [1.54, 1.807) is 22.7 Å². The lowest BCUT2D eigenvalue weighted by molar-refractivity contribution is -0.126. The average Bonchev–Trinajstić information content (AvgIpc) is 2.95. The van der Waals surface area contributed by atoms with Crippen molar-refractivity contribution in [1.82, 2.24) is 0 Å². The molecule has 82 valence electrons. The third-order valence-corrected chi connectivity index (χ3v) is 5.69. The predicted molar refractivity (Wildman–Crippen MR) is 68.0 cm³/mol. The van der Waals surface area contributed by atoms with Crippen LogP contribution >= 0.6 is 38.6 Å². The van der Waals surface area contributed by atoms with Gasteiger partial charge in [0.25, 0.3) is 0 Å². The second kappa shape index (κ2) is 3.17. The smallest absolute Gasteiger partial charge is 0.225 e. The van der Waals surface area contributed by atoms with Gasteiger partial charge in [-0.1, -0.05) is 0 Å². The summed E-state index contributed by atoms with van der Waals surface area (Å²) >= 11 is 7.05. The Balaban J connectivity index is 2.07. The van der Waals surface area contributed by atoms with Crippen LogP contribution < -0.4 is 0 Å². The van der Waals surface area contributed by atoms with Crippen LogP contribution in [0.5, 0.6) is 0 Å². The molecule has 2 nitrogen and oxygen atoms in total. The maximum Gasteiger partial charge on any atom is 0.225 e. The molecule has 2 aromatic heterocycles. The van der Waals surface area contributed by atoms with E-state index in [2.05, 4.69) is 33.4 Å². The SMILES string of the molecule is Brc1cc2c(s1)-c1sccc1C21OCCO1. The van der Waals surface area contributed by atoms with E-state index in [4.69, 9.17) is 9.47 Å². The quantitative estimate of drug-likeness (QED) is 0.736. The van der Waals surface area contributed by atoms with E-state index in [1.807, 2.05) is 0 Å². The highest BCUT2D eigenvalue weighted by Crippen LogP contribution is 2.57. The van der Waals surface area contributed by atoms with Crippen LogP contribution in [-0.4, -0.2) is 13.2 Å². The first-order valence-corrected chi connectivity index (χ1v) is 7.46. The molecule has 0 amide bonds. The van der Waals surface area contributed by atoms with Gasteiger partial charge in [0.1, 0.15) is 0 Å². The molecule has 3 heterocycles. The maximum atomic E-state index is 5.90. The molecule has 5 heteroatoms. The second-order valence-electron chi connectivity index (χ2n) is 3.77. The Bertz CT molecular complexity index is 566. The molecular formula is C11H7BrO2S2. The van der Waals surface area contributed by atoms with Crippen LogP contribution in [-0.2, 0) is 15.3 Å². The van der Waals surface area contributed by atoms with Crippen LogP contribution in [0.25, 0.3) is 9.75 Å². The molecule has 4 rings (SSSR count).